The number of hydrogen-bond donors (Lipinski definition) is 1. The normalized spacial score (nSPS) is 14.7. The van der Waals surface area contributed by atoms with E-state index in [1.807, 2.05) is 34.5 Å². The van der Waals surface area contributed by atoms with Crippen molar-refractivity contribution in [3.63, 3.8) is 0 Å². The third-order valence-electron chi connectivity index (χ3n) is 3.81. The molecule has 2 amide bonds. The van der Waals surface area contributed by atoms with Gasteiger partial charge in [-0.3, -0.25) is 9.59 Å². The van der Waals surface area contributed by atoms with Gasteiger partial charge in [0, 0.05) is 31.9 Å². The number of amides is 2. The highest BCUT2D eigenvalue weighted by Gasteiger charge is 2.23. The van der Waals surface area contributed by atoms with E-state index in [4.69, 9.17) is 11.6 Å². The lowest BCUT2D eigenvalue weighted by Crippen LogP contribution is -2.48. The molecule has 1 aromatic heterocycles. The number of carbonyl (C=O) groups excluding carboxylic acids is 2. The number of piperazine rings is 1. The molecule has 0 atom stereocenters. The molecule has 0 bridgehead atoms. The molecule has 5 nitrogen and oxygen atoms in total. The molecular formula is C16H16ClN3O2S. The average molecular weight is 350 g/mol. The monoisotopic (exact) mass is 349 g/mol. The Morgan fingerprint density at radius 1 is 1.22 bits per heavy atom. The van der Waals surface area contributed by atoms with Gasteiger partial charge in [-0.05, 0) is 29.6 Å². The molecule has 7 heteroatoms. The zero-order chi connectivity index (χ0) is 16.2. The number of hydrogen-bond acceptors (Lipinski definition) is 4. The molecule has 1 saturated heterocycles. The topological polar surface area (TPSA) is 52.7 Å². The van der Waals surface area contributed by atoms with Crippen LogP contribution >= 0.6 is 22.9 Å². The van der Waals surface area contributed by atoms with E-state index >= 15 is 0 Å². The van der Waals surface area contributed by atoms with Crippen molar-refractivity contribution in [3.8, 4) is 0 Å². The summed E-state index contributed by atoms with van der Waals surface area (Å²) in [6, 6.07) is 9.19. The van der Waals surface area contributed by atoms with Gasteiger partial charge in [-0.15, -0.1) is 11.3 Å². The summed E-state index contributed by atoms with van der Waals surface area (Å²) in [5, 5.41) is 5.09. The van der Waals surface area contributed by atoms with Crippen molar-refractivity contribution in [1.29, 1.82) is 0 Å². The largest absolute Gasteiger partial charge is 0.367 e. The molecule has 3 rings (SSSR count). The van der Waals surface area contributed by atoms with Gasteiger partial charge in [0.25, 0.3) is 5.91 Å². The van der Waals surface area contributed by atoms with Gasteiger partial charge < -0.3 is 15.1 Å². The first kappa shape index (κ1) is 15.8. The molecule has 0 radical (unpaired) electrons. The molecule has 1 aliphatic rings. The predicted octanol–water partition coefficient (Wildman–Crippen LogP) is 2.93. The van der Waals surface area contributed by atoms with Crippen LogP contribution in [-0.2, 0) is 4.79 Å². The molecule has 1 aliphatic heterocycles. The van der Waals surface area contributed by atoms with E-state index in [2.05, 4.69) is 10.2 Å². The number of nitrogens with one attached hydrogen (secondary N) is 1. The van der Waals surface area contributed by atoms with Crippen LogP contribution in [0.1, 0.15) is 9.67 Å². The van der Waals surface area contributed by atoms with E-state index in [0.29, 0.717) is 30.2 Å². The van der Waals surface area contributed by atoms with Crippen LogP contribution < -0.4 is 10.2 Å². The van der Waals surface area contributed by atoms with Crippen molar-refractivity contribution in [2.75, 3.05) is 36.4 Å². The van der Waals surface area contributed by atoms with Gasteiger partial charge in [-0.1, -0.05) is 17.7 Å². The van der Waals surface area contributed by atoms with Crippen molar-refractivity contribution < 1.29 is 9.59 Å². The standard InChI is InChI=1S/C16H16ClN3O2S/c17-13-10-12(18-11-21)3-4-14(13)19-5-7-20(8-6-19)16(22)15-2-1-9-23-15/h1-4,9-11H,5-8H2,(H,18,21). The zero-order valence-electron chi connectivity index (χ0n) is 12.4. The lowest BCUT2D eigenvalue weighted by molar-refractivity contribution is -0.105. The van der Waals surface area contributed by atoms with Crippen molar-refractivity contribution in [2.45, 2.75) is 0 Å². The molecule has 1 fully saturated rings. The summed E-state index contributed by atoms with van der Waals surface area (Å²) in [4.78, 5) is 27.6. The smallest absolute Gasteiger partial charge is 0.264 e. The van der Waals surface area contributed by atoms with Gasteiger partial charge in [0.05, 0.1) is 15.6 Å². The van der Waals surface area contributed by atoms with E-state index in [9.17, 15) is 9.59 Å². The summed E-state index contributed by atoms with van der Waals surface area (Å²) in [5.41, 5.74) is 1.59. The fourth-order valence-electron chi connectivity index (χ4n) is 2.63. The van der Waals surface area contributed by atoms with Gasteiger partial charge >= 0.3 is 0 Å². The number of benzene rings is 1. The third kappa shape index (κ3) is 3.48. The fraction of sp³-hybridized carbons (Fsp3) is 0.250. The first-order valence-electron chi connectivity index (χ1n) is 7.26. The second-order valence-corrected chi connectivity index (χ2v) is 6.54. The highest BCUT2D eigenvalue weighted by Crippen LogP contribution is 2.29. The Labute approximate surface area is 143 Å². The fourth-order valence-corrected chi connectivity index (χ4v) is 3.62. The van der Waals surface area contributed by atoms with Gasteiger partial charge in [0.15, 0.2) is 0 Å². The van der Waals surface area contributed by atoms with E-state index in [-0.39, 0.29) is 5.91 Å². The number of rotatable bonds is 4. The lowest BCUT2D eigenvalue weighted by atomic mass is 10.2. The SMILES string of the molecule is O=CNc1ccc(N2CCN(C(=O)c3cccs3)CC2)c(Cl)c1. The van der Waals surface area contributed by atoms with E-state index in [1.165, 1.54) is 11.3 Å². The zero-order valence-corrected chi connectivity index (χ0v) is 13.9. The number of anilines is 2. The van der Waals surface area contributed by atoms with Crippen LogP contribution in [0, 0.1) is 0 Å². The lowest BCUT2D eigenvalue weighted by Gasteiger charge is -2.36. The number of carbonyl (C=O) groups is 2. The van der Waals surface area contributed by atoms with Crippen molar-refractivity contribution in [2.24, 2.45) is 0 Å². The Balaban J connectivity index is 1.65. The van der Waals surface area contributed by atoms with Gasteiger partial charge in [-0.2, -0.15) is 0 Å². The summed E-state index contributed by atoms with van der Waals surface area (Å²) in [5.74, 6) is 0.0938. The Hall–Kier alpha value is -2.05. The first-order chi connectivity index (χ1) is 11.2. The van der Waals surface area contributed by atoms with Crippen LogP contribution in [0.2, 0.25) is 5.02 Å². The summed E-state index contributed by atoms with van der Waals surface area (Å²) in [7, 11) is 0. The highest BCUT2D eigenvalue weighted by molar-refractivity contribution is 7.12. The Bertz CT molecular complexity index is 697. The Kier molecular flexibility index (Phi) is 4.83. The maximum Gasteiger partial charge on any atom is 0.264 e. The molecule has 0 aliphatic carbocycles. The van der Waals surface area contributed by atoms with Gasteiger partial charge in [0.1, 0.15) is 0 Å². The van der Waals surface area contributed by atoms with Crippen molar-refractivity contribution >= 4 is 46.6 Å². The molecule has 0 unspecified atom stereocenters. The minimum Gasteiger partial charge on any atom is -0.367 e. The summed E-state index contributed by atoms with van der Waals surface area (Å²) < 4.78 is 0. The Morgan fingerprint density at radius 3 is 2.61 bits per heavy atom. The van der Waals surface area contributed by atoms with Crippen LogP contribution in [0.25, 0.3) is 0 Å². The summed E-state index contributed by atoms with van der Waals surface area (Å²) >= 11 is 7.77. The van der Waals surface area contributed by atoms with Crippen LogP contribution in [0.15, 0.2) is 35.7 Å². The average Bonchev–Trinajstić information content (AvgIpc) is 3.09. The second kappa shape index (κ2) is 7.02. The molecule has 120 valence electrons. The maximum absolute atomic E-state index is 12.3. The summed E-state index contributed by atoms with van der Waals surface area (Å²) in [6.45, 7) is 2.80. The van der Waals surface area contributed by atoms with Crippen molar-refractivity contribution in [1.82, 2.24) is 4.90 Å². The van der Waals surface area contributed by atoms with Crippen LogP contribution in [-0.4, -0.2) is 43.4 Å². The minimum atomic E-state index is 0.0938. The quantitative estimate of drug-likeness (QED) is 0.863. The molecule has 0 spiro atoms. The molecule has 1 aromatic carbocycles. The van der Waals surface area contributed by atoms with E-state index in [1.54, 1.807) is 6.07 Å². The van der Waals surface area contributed by atoms with Gasteiger partial charge in [-0.25, -0.2) is 0 Å². The molecule has 1 N–H and O–H groups in total. The summed E-state index contributed by atoms with van der Waals surface area (Å²) in [6.07, 6.45) is 0.625. The molecule has 23 heavy (non-hydrogen) atoms. The second-order valence-electron chi connectivity index (χ2n) is 5.18. The van der Waals surface area contributed by atoms with Gasteiger partial charge in [0.2, 0.25) is 6.41 Å². The molecular weight excluding hydrogens is 334 g/mol. The van der Waals surface area contributed by atoms with Crippen molar-refractivity contribution in [3.05, 3.63) is 45.6 Å². The van der Waals surface area contributed by atoms with Crippen LogP contribution in [0.4, 0.5) is 11.4 Å². The maximum atomic E-state index is 12.3. The van der Waals surface area contributed by atoms with E-state index in [0.717, 1.165) is 23.7 Å². The molecule has 0 saturated carbocycles. The van der Waals surface area contributed by atoms with Crippen LogP contribution in [0.3, 0.4) is 0 Å². The molecule has 2 heterocycles. The predicted molar refractivity (Wildman–Crippen MR) is 93.6 cm³/mol. The third-order valence-corrected chi connectivity index (χ3v) is 4.97. The Morgan fingerprint density at radius 2 is 2.00 bits per heavy atom. The first-order valence-corrected chi connectivity index (χ1v) is 8.52. The number of nitrogens with zero attached hydrogens (tertiary/aromatic N) is 2. The number of halogens is 1. The van der Waals surface area contributed by atoms with E-state index < -0.39 is 0 Å². The number of thiophene rings is 1. The minimum absolute atomic E-state index is 0.0938. The molecule has 2 aromatic rings. The van der Waals surface area contributed by atoms with Crippen LogP contribution in [0.5, 0.6) is 0 Å². The highest BCUT2D eigenvalue weighted by atomic mass is 35.5.